The van der Waals surface area contributed by atoms with Gasteiger partial charge < -0.3 is 0 Å². The summed E-state index contributed by atoms with van der Waals surface area (Å²) in [6.45, 7) is 1.89. The van der Waals surface area contributed by atoms with Crippen LogP contribution < -0.4 is 5.46 Å². The Morgan fingerprint density at radius 3 is 2.75 bits per heavy atom. The zero-order chi connectivity index (χ0) is 14.1. The van der Waals surface area contributed by atoms with E-state index in [1.165, 1.54) is 12.1 Å². The molecule has 20 heavy (non-hydrogen) atoms. The number of fused-ring (bicyclic) bond motifs is 1. The van der Waals surface area contributed by atoms with Gasteiger partial charge in [-0.3, -0.25) is 4.98 Å². The molecule has 0 atom stereocenters. The standard InChI is InChI=1S/C14H9BClFN3/c1-15-10-7-12(9-6-8(16)2-3-11(9)17)20-14-13(10)18-4-5-19-14/h2-7H,1H3. The lowest BCUT2D eigenvalue weighted by Crippen LogP contribution is -2.15. The van der Waals surface area contributed by atoms with Crippen molar-refractivity contribution in [3.63, 3.8) is 0 Å². The van der Waals surface area contributed by atoms with Crippen LogP contribution >= 0.6 is 11.6 Å². The highest BCUT2D eigenvalue weighted by Gasteiger charge is 2.12. The summed E-state index contributed by atoms with van der Waals surface area (Å²) >= 11 is 5.93. The first-order chi connectivity index (χ1) is 9.69. The lowest BCUT2D eigenvalue weighted by atomic mass is 9.72. The minimum Gasteiger partial charge on any atom is -0.252 e. The second-order valence-corrected chi connectivity index (χ2v) is 4.67. The van der Waals surface area contributed by atoms with Crippen molar-refractivity contribution in [3.8, 4) is 11.3 Å². The van der Waals surface area contributed by atoms with Gasteiger partial charge in [0, 0.05) is 23.0 Å². The molecule has 1 aromatic carbocycles. The van der Waals surface area contributed by atoms with E-state index in [0.29, 0.717) is 27.4 Å². The molecule has 1 radical (unpaired) electrons. The number of nitrogens with zero attached hydrogens (tertiary/aromatic N) is 3. The Morgan fingerprint density at radius 1 is 1.15 bits per heavy atom. The van der Waals surface area contributed by atoms with Crippen molar-refractivity contribution < 1.29 is 4.39 Å². The molecule has 0 saturated heterocycles. The van der Waals surface area contributed by atoms with E-state index in [-0.39, 0.29) is 5.82 Å². The van der Waals surface area contributed by atoms with Gasteiger partial charge in [-0.1, -0.05) is 23.9 Å². The summed E-state index contributed by atoms with van der Waals surface area (Å²) in [5, 5.41) is 0.462. The number of aromatic nitrogens is 3. The highest BCUT2D eigenvalue weighted by Crippen LogP contribution is 2.24. The average molecular weight is 285 g/mol. The topological polar surface area (TPSA) is 38.7 Å². The van der Waals surface area contributed by atoms with E-state index in [9.17, 15) is 4.39 Å². The smallest absolute Gasteiger partial charge is 0.178 e. The fourth-order valence-electron chi connectivity index (χ4n) is 2.03. The highest BCUT2D eigenvalue weighted by molar-refractivity contribution is 6.55. The molecular weight excluding hydrogens is 275 g/mol. The van der Waals surface area contributed by atoms with Crippen LogP contribution in [0.2, 0.25) is 11.8 Å². The quantitative estimate of drug-likeness (QED) is 0.679. The van der Waals surface area contributed by atoms with E-state index in [4.69, 9.17) is 11.6 Å². The molecule has 3 aromatic rings. The Hall–Kier alpha value is -2.01. The fraction of sp³-hybridized carbons (Fsp3) is 0.0714. The molecule has 97 valence electrons. The summed E-state index contributed by atoms with van der Waals surface area (Å²) in [7, 11) is 1.89. The first-order valence-corrected chi connectivity index (χ1v) is 6.43. The van der Waals surface area contributed by atoms with E-state index in [2.05, 4.69) is 15.0 Å². The molecule has 0 aliphatic carbocycles. The Labute approximate surface area is 121 Å². The summed E-state index contributed by atoms with van der Waals surface area (Å²) in [6.07, 6.45) is 3.17. The molecule has 2 aromatic heterocycles. The van der Waals surface area contributed by atoms with Crippen molar-refractivity contribution in [2.24, 2.45) is 0 Å². The number of hydrogen-bond donors (Lipinski definition) is 0. The van der Waals surface area contributed by atoms with Crippen LogP contribution in [0.1, 0.15) is 0 Å². The summed E-state index contributed by atoms with van der Waals surface area (Å²) < 4.78 is 13.9. The van der Waals surface area contributed by atoms with Gasteiger partial charge in [-0.05, 0) is 24.3 Å². The monoisotopic (exact) mass is 284 g/mol. The summed E-state index contributed by atoms with van der Waals surface area (Å²) in [5.41, 5.74) is 2.88. The molecule has 3 nitrogen and oxygen atoms in total. The maximum atomic E-state index is 13.9. The van der Waals surface area contributed by atoms with E-state index in [1.54, 1.807) is 24.5 Å². The first-order valence-electron chi connectivity index (χ1n) is 6.05. The van der Waals surface area contributed by atoms with Crippen molar-refractivity contribution in [3.05, 3.63) is 47.5 Å². The van der Waals surface area contributed by atoms with Crippen LogP contribution in [0.15, 0.2) is 36.7 Å². The lowest BCUT2D eigenvalue weighted by molar-refractivity contribution is 0.631. The summed E-state index contributed by atoms with van der Waals surface area (Å²) in [4.78, 5) is 12.8. The maximum Gasteiger partial charge on any atom is 0.178 e. The Balaban J connectivity index is 2.29. The maximum absolute atomic E-state index is 13.9. The predicted molar refractivity (Wildman–Crippen MR) is 79.0 cm³/mol. The normalized spacial score (nSPS) is 10.8. The Kier molecular flexibility index (Phi) is 3.36. The number of benzene rings is 1. The molecule has 3 rings (SSSR count). The molecule has 0 fully saturated rings. The third kappa shape index (κ3) is 2.25. The van der Waals surface area contributed by atoms with Gasteiger partial charge in [0.25, 0.3) is 0 Å². The fourth-order valence-corrected chi connectivity index (χ4v) is 2.20. The minimum atomic E-state index is -0.368. The molecule has 2 heterocycles. The van der Waals surface area contributed by atoms with Gasteiger partial charge in [0.15, 0.2) is 12.9 Å². The molecular formula is C14H9BClFN3. The van der Waals surface area contributed by atoms with Crippen LogP contribution in [0.5, 0.6) is 0 Å². The molecule has 0 saturated carbocycles. The van der Waals surface area contributed by atoms with Gasteiger partial charge in [-0.15, -0.1) is 0 Å². The molecule has 0 bridgehead atoms. The molecule has 6 heteroatoms. The second kappa shape index (κ2) is 5.17. The van der Waals surface area contributed by atoms with E-state index >= 15 is 0 Å². The highest BCUT2D eigenvalue weighted by atomic mass is 35.5. The molecule has 0 N–H and O–H groups in total. The van der Waals surface area contributed by atoms with Gasteiger partial charge in [-0.25, -0.2) is 14.4 Å². The van der Waals surface area contributed by atoms with E-state index in [0.717, 1.165) is 5.46 Å². The zero-order valence-electron chi connectivity index (χ0n) is 10.6. The summed E-state index contributed by atoms with van der Waals surface area (Å²) in [6, 6.07) is 6.18. The van der Waals surface area contributed by atoms with Crippen molar-refractivity contribution in [2.45, 2.75) is 6.82 Å². The molecule has 0 aliphatic rings. The molecule has 0 amide bonds. The van der Waals surface area contributed by atoms with Crippen LogP contribution in [-0.4, -0.2) is 22.2 Å². The molecule has 0 aliphatic heterocycles. The first kappa shape index (κ1) is 13.0. The number of rotatable bonds is 2. The second-order valence-electron chi connectivity index (χ2n) is 4.24. The minimum absolute atomic E-state index is 0.355. The third-order valence-corrected chi connectivity index (χ3v) is 3.22. The van der Waals surface area contributed by atoms with Crippen LogP contribution in [0.4, 0.5) is 4.39 Å². The number of pyridine rings is 1. The molecule has 0 unspecified atom stereocenters. The predicted octanol–water partition coefficient (Wildman–Crippen LogP) is 2.86. The van der Waals surface area contributed by atoms with Gasteiger partial charge in [0.1, 0.15) is 11.3 Å². The Bertz CT molecular complexity index is 794. The summed E-state index contributed by atoms with van der Waals surface area (Å²) in [5.74, 6) is -0.368. The average Bonchev–Trinajstić information content (AvgIpc) is 2.48. The SMILES string of the molecule is C[B]c1cc(-c2cc(Cl)ccc2F)nc2nccnc12. The molecule has 0 spiro atoms. The van der Waals surface area contributed by atoms with Crippen LogP contribution in [0, 0.1) is 5.82 Å². The van der Waals surface area contributed by atoms with Gasteiger partial charge in [0.2, 0.25) is 0 Å². The van der Waals surface area contributed by atoms with Gasteiger partial charge >= 0.3 is 0 Å². The van der Waals surface area contributed by atoms with Crippen molar-refractivity contribution >= 4 is 35.5 Å². The van der Waals surface area contributed by atoms with Gasteiger partial charge in [-0.2, -0.15) is 0 Å². The lowest BCUT2D eigenvalue weighted by Gasteiger charge is -2.08. The van der Waals surface area contributed by atoms with Gasteiger partial charge in [0.05, 0.1) is 5.69 Å². The van der Waals surface area contributed by atoms with Crippen molar-refractivity contribution in [1.29, 1.82) is 0 Å². The van der Waals surface area contributed by atoms with Crippen LogP contribution in [0.25, 0.3) is 22.4 Å². The third-order valence-electron chi connectivity index (χ3n) is 2.99. The number of halogens is 2. The number of hydrogen-bond acceptors (Lipinski definition) is 3. The largest absolute Gasteiger partial charge is 0.252 e. The van der Waals surface area contributed by atoms with E-state index < -0.39 is 0 Å². The van der Waals surface area contributed by atoms with Crippen LogP contribution in [-0.2, 0) is 0 Å². The van der Waals surface area contributed by atoms with Crippen LogP contribution in [0.3, 0.4) is 0 Å². The van der Waals surface area contributed by atoms with E-state index in [1.807, 2.05) is 14.1 Å². The Morgan fingerprint density at radius 2 is 1.95 bits per heavy atom. The zero-order valence-corrected chi connectivity index (χ0v) is 11.4. The van der Waals surface area contributed by atoms with Crippen molar-refractivity contribution in [1.82, 2.24) is 15.0 Å². The van der Waals surface area contributed by atoms with Crippen molar-refractivity contribution in [2.75, 3.05) is 0 Å².